The first-order chi connectivity index (χ1) is 8.44. The van der Waals surface area contributed by atoms with E-state index in [1.54, 1.807) is 6.07 Å². The van der Waals surface area contributed by atoms with Crippen molar-refractivity contribution in [3.05, 3.63) is 34.6 Å². The van der Waals surface area contributed by atoms with Gasteiger partial charge in [0.15, 0.2) is 0 Å². The van der Waals surface area contributed by atoms with E-state index in [0.29, 0.717) is 5.56 Å². The van der Waals surface area contributed by atoms with Crippen molar-refractivity contribution in [2.45, 2.75) is 51.0 Å². The highest BCUT2D eigenvalue weighted by Crippen LogP contribution is 2.37. The monoisotopic (exact) mass is 257 g/mol. The Hall–Kier alpha value is -1.03. The SMILES string of the molecule is Cc1cc(C2(N)CCCCC2)cc(F)c1C(F)F. The zero-order valence-corrected chi connectivity index (χ0v) is 10.5. The highest BCUT2D eigenvalue weighted by atomic mass is 19.3. The van der Waals surface area contributed by atoms with E-state index in [2.05, 4.69) is 0 Å². The summed E-state index contributed by atoms with van der Waals surface area (Å²) in [7, 11) is 0. The topological polar surface area (TPSA) is 26.0 Å². The van der Waals surface area contributed by atoms with Crippen LogP contribution in [-0.4, -0.2) is 0 Å². The lowest BCUT2D eigenvalue weighted by molar-refractivity contribution is 0.145. The quantitative estimate of drug-likeness (QED) is 0.844. The molecule has 0 atom stereocenters. The molecular formula is C14H18F3N. The van der Waals surface area contributed by atoms with Gasteiger partial charge in [0.1, 0.15) is 5.82 Å². The van der Waals surface area contributed by atoms with Gasteiger partial charge in [0.2, 0.25) is 0 Å². The number of hydrogen-bond donors (Lipinski definition) is 1. The summed E-state index contributed by atoms with van der Waals surface area (Å²) in [4.78, 5) is 0. The minimum atomic E-state index is -2.78. The second kappa shape index (κ2) is 4.92. The van der Waals surface area contributed by atoms with Crippen LogP contribution in [0.1, 0.15) is 55.2 Å². The smallest absolute Gasteiger partial charge is 0.266 e. The first kappa shape index (κ1) is 13.4. The molecule has 1 aromatic carbocycles. The van der Waals surface area contributed by atoms with E-state index in [4.69, 9.17) is 5.73 Å². The van der Waals surface area contributed by atoms with Crippen molar-refractivity contribution < 1.29 is 13.2 Å². The highest BCUT2D eigenvalue weighted by molar-refractivity contribution is 5.37. The number of alkyl halides is 2. The largest absolute Gasteiger partial charge is 0.321 e. The fourth-order valence-electron chi connectivity index (χ4n) is 2.79. The molecule has 0 spiro atoms. The van der Waals surface area contributed by atoms with Gasteiger partial charge in [-0.15, -0.1) is 0 Å². The predicted octanol–water partition coefficient (Wildman–Crippen LogP) is 4.19. The van der Waals surface area contributed by atoms with Gasteiger partial charge in [-0.1, -0.05) is 25.3 Å². The summed E-state index contributed by atoms with van der Waals surface area (Å²) in [5.74, 6) is -0.838. The summed E-state index contributed by atoms with van der Waals surface area (Å²) in [6.07, 6.45) is 1.95. The summed E-state index contributed by atoms with van der Waals surface area (Å²) in [5, 5.41) is 0. The van der Waals surface area contributed by atoms with Crippen molar-refractivity contribution in [1.82, 2.24) is 0 Å². The van der Waals surface area contributed by atoms with E-state index in [9.17, 15) is 13.2 Å². The van der Waals surface area contributed by atoms with Crippen molar-refractivity contribution in [2.75, 3.05) is 0 Å². The zero-order valence-electron chi connectivity index (χ0n) is 10.5. The molecule has 0 radical (unpaired) electrons. The Morgan fingerprint density at radius 3 is 2.28 bits per heavy atom. The van der Waals surface area contributed by atoms with Crippen molar-refractivity contribution in [1.29, 1.82) is 0 Å². The van der Waals surface area contributed by atoms with E-state index in [1.807, 2.05) is 0 Å². The van der Waals surface area contributed by atoms with Gasteiger partial charge >= 0.3 is 0 Å². The summed E-state index contributed by atoms with van der Waals surface area (Å²) in [5.41, 5.74) is 6.18. The fraction of sp³-hybridized carbons (Fsp3) is 0.571. The van der Waals surface area contributed by atoms with Crippen LogP contribution in [0.3, 0.4) is 0 Å². The molecule has 0 aliphatic heterocycles. The molecule has 2 N–H and O–H groups in total. The Labute approximate surface area is 105 Å². The first-order valence-corrected chi connectivity index (χ1v) is 6.31. The van der Waals surface area contributed by atoms with Crippen LogP contribution >= 0.6 is 0 Å². The van der Waals surface area contributed by atoms with Crippen LogP contribution in [0, 0.1) is 12.7 Å². The van der Waals surface area contributed by atoms with Gasteiger partial charge in [0, 0.05) is 5.54 Å². The summed E-state index contributed by atoms with van der Waals surface area (Å²) in [6.45, 7) is 1.51. The van der Waals surface area contributed by atoms with Crippen LogP contribution in [0.4, 0.5) is 13.2 Å². The molecule has 18 heavy (non-hydrogen) atoms. The second-order valence-electron chi connectivity index (χ2n) is 5.21. The maximum absolute atomic E-state index is 13.8. The summed E-state index contributed by atoms with van der Waals surface area (Å²) >= 11 is 0. The molecule has 1 fully saturated rings. The number of nitrogens with two attached hydrogens (primary N) is 1. The third-order valence-corrected chi connectivity index (χ3v) is 3.88. The summed E-state index contributed by atoms with van der Waals surface area (Å²) < 4.78 is 39.1. The third kappa shape index (κ3) is 2.39. The van der Waals surface area contributed by atoms with Crippen LogP contribution in [-0.2, 0) is 5.54 Å². The average molecular weight is 257 g/mol. The Morgan fingerprint density at radius 1 is 1.17 bits per heavy atom. The van der Waals surface area contributed by atoms with Crippen molar-refractivity contribution in [2.24, 2.45) is 5.73 Å². The van der Waals surface area contributed by atoms with Crippen LogP contribution < -0.4 is 5.73 Å². The molecule has 0 saturated heterocycles. The molecule has 1 saturated carbocycles. The van der Waals surface area contributed by atoms with Gasteiger partial charge in [-0.2, -0.15) is 0 Å². The van der Waals surface area contributed by atoms with Crippen molar-refractivity contribution >= 4 is 0 Å². The Balaban J connectivity index is 2.41. The zero-order chi connectivity index (χ0) is 13.3. The minimum Gasteiger partial charge on any atom is -0.321 e. The molecule has 1 aliphatic rings. The maximum Gasteiger partial charge on any atom is 0.266 e. The van der Waals surface area contributed by atoms with E-state index < -0.39 is 23.3 Å². The van der Waals surface area contributed by atoms with Gasteiger partial charge in [0.05, 0.1) is 5.56 Å². The number of rotatable bonds is 2. The standard InChI is InChI=1S/C14H18F3N/c1-9-7-10(8-11(15)12(9)13(16)17)14(18)5-3-2-4-6-14/h7-8,13H,2-6,18H2,1H3. The van der Waals surface area contributed by atoms with Crippen LogP contribution in [0.15, 0.2) is 12.1 Å². The van der Waals surface area contributed by atoms with Gasteiger partial charge in [-0.05, 0) is 37.0 Å². The van der Waals surface area contributed by atoms with E-state index in [-0.39, 0.29) is 5.56 Å². The Bertz CT molecular complexity index is 414. The molecule has 1 aromatic rings. The third-order valence-electron chi connectivity index (χ3n) is 3.88. The highest BCUT2D eigenvalue weighted by Gasteiger charge is 2.31. The molecule has 1 nitrogen and oxygen atoms in total. The lowest BCUT2D eigenvalue weighted by Gasteiger charge is -2.34. The lowest BCUT2D eigenvalue weighted by atomic mass is 9.77. The van der Waals surface area contributed by atoms with Crippen LogP contribution in [0.5, 0.6) is 0 Å². The average Bonchev–Trinajstić information content (AvgIpc) is 2.28. The summed E-state index contributed by atoms with van der Waals surface area (Å²) in [6, 6.07) is 2.82. The van der Waals surface area contributed by atoms with Gasteiger partial charge < -0.3 is 5.73 Å². The molecule has 100 valence electrons. The Morgan fingerprint density at radius 2 is 1.78 bits per heavy atom. The second-order valence-corrected chi connectivity index (χ2v) is 5.21. The predicted molar refractivity (Wildman–Crippen MR) is 65.0 cm³/mol. The van der Waals surface area contributed by atoms with E-state index in [0.717, 1.165) is 32.1 Å². The Kier molecular flexibility index (Phi) is 3.66. The van der Waals surface area contributed by atoms with Gasteiger partial charge in [-0.25, -0.2) is 13.2 Å². The fourth-order valence-corrected chi connectivity index (χ4v) is 2.79. The van der Waals surface area contributed by atoms with Crippen LogP contribution in [0.2, 0.25) is 0 Å². The molecule has 0 unspecified atom stereocenters. The molecule has 1 aliphatic carbocycles. The van der Waals surface area contributed by atoms with Gasteiger partial charge in [0.25, 0.3) is 6.43 Å². The first-order valence-electron chi connectivity index (χ1n) is 6.31. The molecule has 0 bridgehead atoms. The minimum absolute atomic E-state index is 0.287. The van der Waals surface area contributed by atoms with Crippen LogP contribution in [0.25, 0.3) is 0 Å². The number of hydrogen-bond acceptors (Lipinski definition) is 1. The lowest BCUT2D eigenvalue weighted by Crippen LogP contribution is -2.38. The molecule has 0 heterocycles. The number of halogens is 3. The number of aryl methyl sites for hydroxylation is 1. The van der Waals surface area contributed by atoms with Crippen molar-refractivity contribution in [3.63, 3.8) is 0 Å². The molecule has 2 rings (SSSR count). The molecule has 0 aromatic heterocycles. The normalized spacial score (nSPS) is 19.2. The molecule has 0 amide bonds. The van der Waals surface area contributed by atoms with Gasteiger partial charge in [-0.3, -0.25) is 0 Å². The number of benzene rings is 1. The van der Waals surface area contributed by atoms with Crippen molar-refractivity contribution in [3.8, 4) is 0 Å². The molecule has 4 heteroatoms. The van der Waals surface area contributed by atoms with E-state index >= 15 is 0 Å². The maximum atomic E-state index is 13.8. The molecular weight excluding hydrogens is 239 g/mol. The van der Waals surface area contributed by atoms with E-state index in [1.165, 1.54) is 13.0 Å².